The summed E-state index contributed by atoms with van der Waals surface area (Å²) in [5, 5.41) is 10.1. The molecule has 2 N–H and O–H groups in total. The largest absolute Gasteiger partial charge is 0.497 e. The van der Waals surface area contributed by atoms with E-state index in [0.29, 0.717) is 44.8 Å². The van der Waals surface area contributed by atoms with Crippen LogP contribution in [0.5, 0.6) is 11.5 Å². The molecule has 9 heteroatoms. The predicted octanol–water partition coefficient (Wildman–Crippen LogP) is 3.43. The highest BCUT2D eigenvalue weighted by Crippen LogP contribution is 2.48. The van der Waals surface area contributed by atoms with Crippen molar-refractivity contribution in [3.8, 4) is 17.6 Å². The summed E-state index contributed by atoms with van der Waals surface area (Å²) in [5.74, 6) is 0.936. The first-order valence-corrected chi connectivity index (χ1v) is 10.4. The summed E-state index contributed by atoms with van der Waals surface area (Å²) in [5.41, 5.74) is 8.04. The lowest BCUT2D eigenvalue weighted by Gasteiger charge is -2.36. The Morgan fingerprint density at radius 3 is 2.70 bits per heavy atom. The van der Waals surface area contributed by atoms with Crippen molar-refractivity contribution in [2.45, 2.75) is 32.7 Å². The Labute approximate surface area is 180 Å². The van der Waals surface area contributed by atoms with Gasteiger partial charge in [0.1, 0.15) is 34.3 Å². The number of thioether (sulfide) groups is 1. The highest BCUT2D eigenvalue weighted by atomic mass is 32.2. The van der Waals surface area contributed by atoms with Crippen molar-refractivity contribution < 1.29 is 19.0 Å². The molecule has 0 bridgehead atoms. The molecule has 0 radical (unpaired) electrons. The zero-order chi connectivity index (χ0) is 21.8. The molecular formula is C21H24N4O4S. The molecule has 0 saturated carbocycles. The molecule has 0 fully saturated rings. The molecule has 2 heterocycles. The highest BCUT2D eigenvalue weighted by Gasteiger charge is 2.44. The van der Waals surface area contributed by atoms with E-state index in [1.165, 1.54) is 11.8 Å². The van der Waals surface area contributed by atoms with E-state index in [1.807, 2.05) is 13.0 Å². The van der Waals surface area contributed by atoms with Gasteiger partial charge in [0.25, 0.3) is 0 Å². The van der Waals surface area contributed by atoms with Gasteiger partial charge < -0.3 is 19.9 Å². The second-order valence-electron chi connectivity index (χ2n) is 6.53. The van der Waals surface area contributed by atoms with Crippen molar-refractivity contribution in [2.24, 2.45) is 10.7 Å². The summed E-state index contributed by atoms with van der Waals surface area (Å²) in [6.45, 7) is 4.00. The van der Waals surface area contributed by atoms with Crippen LogP contribution in [0.15, 0.2) is 45.2 Å². The van der Waals surface area contributed by atoms with Crippen LogP contribution in [0.2, 0.25) is 0 Å². The monoisotopic (exact) mass is 428 g/mol. The summed E-state index contributed by atoms with van der Waals surface area (Å²) < 4.78 is 16.3. The lowest BCUT2D eigenvalue weighted by Crippen LogP contribution is -2.39. The lowest BCUT2D eigenvalue weighted by molar-refractivity contribution is -0.139. The number of allylic oxidation sites excluding steroid dienone is 2. The molecule has 158 valence electrons. The summed E-state index contributed by atoms with van der Waals surface area (Å²) >= 11 is 1.20. The van der Waals surface area contributed by atoms with E-state index >= 15 is 0 Å². The zero-order valence-electron chi connectivity index (χ0n) is 17.4. The Kier molecular flexibility index (Phi) is 6.57. The van der Waals surface area contributed by atoms with E-state index < -0.39 is 12.0 Å². The van der Waals surface area contributed by atoms with Crippen LogP contribution in [0.1, 0.15) is 38.3 Å². The van der Waals surface area contributed by atoms with Crippen molar-refractivity contribution in [1.29, 1.82) is 5.26 Å². The number of benzene rings is 1. The molecule has 8 nitrogen and oxygen atoms in total. The number of carbonyl (C=O) groups is 1. The number of ether oxygens (including phenoxy) is 3. The van der Waals surface area contributed by atoms with Gasteiger partial charge in [-0.15, -0.1) is 0 Å². The molecule has 2 aliphatic heterocycles. The first kappa shape index (κ1) is 21.6. The van der Waals surface area contributed by atoms with Crippen LogP contribution < -0.4 is 15.2 Å². The number of nitriles is 1. The Hall–Kier alpha value is -3.12. The maximum absolute atomic E-state index is 13.1. The molecule has 1 aromatic rings. The van der Waals surface area contributed by atoms with E-state index in [9.17, 15) is 10.1 Å². The van der Waals surface area contributed by atoms with Crippen molar-refractivity contribution in [1.82, 2.24) is 4.90 Å². The minimum Gasteiger partial charge on any atom is -0.497 e. The van der Waals surface area contributed by atoms with Crippen LogP contribution in [-0.4, -0.2) is 36.9 Å². The Morgan fingerprint density at radius 2 is 2.10 bits per heavy atom. The molecule has 0 saturated heterocycles. The van der Waals surface area contributed by atoms with Crippen molar-refractivity contribution in [3.05, 3.63) is 45.8 Å². The van der Waals surface area contributed by atoms with Gasteiger partial charge in [-0.25, -0.2) is 9.79 Å². The van der Waals surface area contributed by atoms with E-state index in [4.69, 9.17) is 19.9 Å². The van der Waals surface area contributed by atoms with Crippen LogP contribution >= 0.6 is 11.8 Å². The number of hydrogen-bond acceptors (Lipinski definition) is 9. The van der Waals surface area contributed by atoms with Crippen LogP contribution in [0.4, 0.5) is 0 Å². The number of nitrogens with zero attached hydrogens (tertiary/aromatic N) is 3. The molecule has 0 amide bonds. The molecular weight excluding hydrogens is 404 g/mol. The molecule has 0 aromatic heterocycles. The maximum Gasteiger partial charge on any atom is 0.338 e. The standard InChI is InChI=1S/C21H24N4O4S/c1-5-7-14-17(20(26)29-6-2)18(13-9-8-12(27-3)10-15(13)28-4)25-19(23)16(11-22)30-21(25)24-14/h8-10,18H,5-7,23H2,1-4H3/t18-/m0/s1. The van der Waals surface area contributed by atoms with Gasteiger partial charge in [0.2, 0.25) is 0 Å². The van der Waals surface area contributed by atoms with Crippen molar-refractivity contribution >= 4 is 22.9 Å². The average Bonchev–Trinajstić information content (AvgIpc) is 3.08. The number of nitrogens with two attached hydrogens (primary N) is 1. The Bertz CT molecular complexity index is 993. The highest BCUT2D eigenvalue weighted by molar-refractivity contribution is 8.17. The third-order valence-electron chi connectivity index (χ3n) is 4.78. The summed E-state index contributed by atoms with van der Waals surface area (Å²) in [6, 6.07) is 6.84. The molecule has 1 atom stereocenters. The van der Waals surface area contributed by atoms with E-state index in [-0.39, 0.29) is 12.4 Å². The third kappa shape index (κ3) is 3.71. The first-order chi connectivity index (χ1) is 14.5. The molecule has 1 aromatic carbocycles. The first-order valence-electron chi connectivity index (χ1n) is 9.58. The smallest absolute Gasteiger partial charge is 0.338 e. The third-order valence-corrected chi connectivity index (χ3v) is 5.76. The zero-order valence-corrected chi connectivity index (χ0v) is 18.2. The summed E-state index contributed by atoms with van der Waals surface area (Å²) in [7, 11) is 3.12. The molecule has 2 aliphatic rings. The van der Waals surface area contributed by atoms with Crippen LogP contribution in [-0.2, 0) is 9.53 Å². The number of hydrogen-bond donors (Lipinski definition) is 1. The quantitative estimate of drug-likeness (QED) is 0.658. The van der Waals surface area contributed by atoms with Gasteiger partial charge in [0, 0.05) is 11.6 Å². The number of fused-ring (bicyclic) bond motifs is 1. The fourth-order valence-electron chi connectivity index (χ4n) is 3.48. The second-order valence-corrected chi connectivity index (χ2v) is 7.51. The van der Waals surface area contributed by atoms with Gasteiger partial charge in [0.05, 0.1) is 32.1 Å². The van der Waals surface area contributed by atoms with E-state index in [2.05, 4.69) is 11.1 Å². The summed E-state index contributed by atoms with van der Waals surface area (Å²) in [6.07, 6.45) is 1.38. The molecule has 0 aliphatic carbocycles. The minimum absolute atomic E-state index is 0.230. The minimum atomic E-state index is -0.641. The molecule has 30 heavy (non-hydrogen) atoms. The van der Waals surface area contributed by atoms with Gasteiger partial charge in [-0.2, -0.15) is 5.26 Å². The SMILES string of the molecule is CCCC1=C(C(=O)OCC)[C@H](c2ccc(OC)cc2OC)N2C(=N1)SC(C#N)=C2N. The van der Waals surface area contributed by atoms with Gasteiger partial charge in [-0.3, -0.25) is 4.90 Å². The van der Waals surface area contributed by atoms with Crippen LogP contribution in [0, 0.1) is 11.3 Å². The normalized spacial score (nSPS) is 18.0. The number of aliphatic imine (C=N–C) groups is 1. The summed E-state index contributed by atoms with van der Waals surface area (Å²) in [4.78, 5) is 19.8. The predicted molar refractivity (Wildman–Crippen MR) is 115 cm³/mol. The van der Waals surface area contributed by atoms with Crippen molar-refractivity contribution in [3.63, 3.8) is 0 Å². The van der Waals surface area contributed by atoms with E-state index in [1.54, 1.807) is 38.2 Å². The molecule has 0 spiro atoms. The molecule has 3 rings (SSSR count). The fourth-order valence-corrected chi connectivity index (χ4v) is 4.37. The van der Waals surface area contributed by atoms with Gasteiger partial charge in [-0.1, -0.05) is 13.3 Å². The van der Waals surface area contributed by atoms with Crippen molar-refractivity contribution in [2.75, 3.05) is 20.8 Å². The number of esters is 1. The second kappa shape index (κ2) is 9.13. The van der Waals surface area contributed by atoms with Crippen LogP contribution in [0.25, 0.3) is 0 Å². The van der Waals surface area contributed by atoms with Gasteiger partial charge >= 0.3 is 5.97 Å². The topological polar surface area (TPSA) is 110 Å². The average molecular weight is 429 g/mol. The number of carbonyl (C=O) groups excluding carboxylic acids is 1. The Morgan fingerprint density at radius 1 is 1.33 bits per heavy atom. The number of amidine groups is 1. The lowest BCUT2D eigenvalue weighted by atomic mass is 9.92. The maximum atomic E-state index is 13.1. The Balaban J connectivity index is 2.28. The number of rotatable bonds is 7. The molecule has 0 unspecified atom stereocenters. The van der Waals surface area contributed by atoms with E-state index in [0.717, 1.165) is 6.42 Å². The van der Waals surface area contributed by atoms with Gasteiger partial charge in [0.15, 0.2) is 5.17 Å². The van der Waals surface area contributed by atoms with Gasteiger partial charge in [-0.05, 0) is 37.2 Å². The fraction of sp³-hybridized carbons (Fsp3) is 0.381. The number of methoxy groups -OCH3 is 2. The van der Waals surface area contributed by atoms with Crippen LogP contribution in [0.3, 0.4) is 0 Å².